The minimum Gasteiger partial charge on any atom is -0.396 e. The number of aliphatic hydroxyl groups excluding tert-OH is 2. The van der Waals surface area contributed by atoms with Crippen molar-refractivity contribution in [3.63, 3.8) is 0 Å². The van der Waals surface area contributed by atoms with E-state index in [2.05, 4.69) is 0 Å². The van der Waals surface area contributed by atoms with Gasteiger partial charge in [0.1, 0.15) is 0 Å². The summed E-state index contributed by atoms with van der Waals surface area (Å²) in [5.74, 6) is -0.315. The number of amides is 1. The summed E-state index contributed by atoms with van der Waals surface area (Å²) in [5.41, 5.74) is 0.406. The summed E-state index contributed by atoms with van der Waals surface area (Å²) >= 11 is 0. The molecule has 0 radical (unpaired) electrons. The lowest BCUT2D eigenvalue weighted by molar-refractivity contribution is -0.141. The van der Waals surface area contributed by atoms with Crippen molar-refractivity contribution in [3.8, 4) is 0 Å². The van der Waals surface area contributed by atoms with Gasteiger partial charge in [-0.1, -0.05) is 49.2 Å². The number of likely N-dealkylation sites (N-methyl/N-ethyl adjacent to an activating group) is 1. The zero-order valence-electron chi connectivity index (χ0n) is 14.1. The molecule has 1 aliphatic carbocycles. The van der Waals surface area contributed by atoms with Crippen LogP contribution in [0.25, 0.3) is 10.8 Å². The molecule has 2 aromatic rings. The molecule has 1 atom stereocenters. The second kappa shape index (κ2) is 6.91. The molecule has 24 heavy (non-hydrogen) atoms. The van der Waals surface area contributed by atoms with Crippen molar-refractivity contribution < 1.29 is 15.0 Å². The molecule has 0 heterocycles. The molecule has 1 fully saturated rings. The lowest BCUT2D eigenvalue weighted by atomic mass is 9.86. The predicted molar refractivity (Wildman–Crippen MR) is 94.5 cm³/mol. The van der Waals surface area contributed by atoms with Gasteiger partial charge in [-0.2, -0.15) is 0 Å². The summed E-state index contributed by atoms with van der Waals surface area (Å²) in [5, 5.41) is 22.3. The van der Waals surface area contributed by atoms with Gasteiger partial charge < -0.3 is 15.1 Å². The van der Waals surface area contributed by atoms with Crippen LogP contribution >= 0.6 is 0 Å². The zero-order chi connectivity index (χ0) is 17.2. The van der Waals surface area contributed by atoms with Crippen LogP contribution in [-0.2, 0) is 4.79 Å². The van der Waals surface area contributed by atoms with Gasteiger partial charge in [0.25, 0.3) is 5.91 Å². The highest BCUT2D eigenvalue weighted by Crippen LogP contribution is 2.38. The average Bonchev–Trinajstić information content (AvgIpc) is 3.09. The largest absolute Gasteiger partial charge is 0.396 e. The van der Waals surface area contributed by atoms with Gasteiger partial charge in [0.2, 0.25) is 0 Å². The van der Waals surface area contributed by atoms with E-state index in [1.54, 1.807) is 18.0 Å². The van der Waals surface area contributed by atoms with Gasteiger partial charge in [0.15, 0.2) is 6.10 Å². The van der Waals surface area contributed by atoms with Crippen LogP contribution in [0.5, 0.6) is 0 Å². The van der Waals surface area contributed by atoms with Crippen LogP contribution in [-0.4, -0.2) is 41.2 Å². The van der Waals surface area contributed by atoms with Gasteiger partial charge in [0.05, 0.1) is 6.61 Å². The monoisotopic (exact) mass is 327 g/mol. The third kappa shape index (κ3) is 3.30. The number of carbonyl (C=O) groups excluding carboxylic acids is 1. The zero-order valence-corrected chi connectivity index (χ0v) is 14.1. The number of fused-ring (bicyclic) bond motifs is 1. The molecule has 1 amide bonds. The maximum atomic E-state index is 12.6. The third-order valence-corrected chi connectivity index (χ3v) is 5.27. The summed E-state index contributed by atoms with van der Waals surface area (Å²) in [6.45, 7) is 0.587. The number of hydrogen-bond donors (Lipinski definition) is 2. The molecule has 1 saturated carbocycles. The fraction of sp³-hybridized carbons (Fsp3) is 0.450. The Hall–Kier alpha value is -1.91. The van der Waals surface area contributed by atoms with Crippen molar-refractivity contribution in [2.45, 2.75) is 31.8 Å². The van der Waals surface area contributed by atoms with E-state index in [-0.39, 0.29) is 17.9 Å². The predicted octanol–water partition coefficient (Wildman–Crippen LogP) is 2.88. The van der Waals surface area contributed by atoms with Gasteiger partial charge in [-0.25, -0.2) is 0 Å². The lowest BCUT2D eigenvalue weighted by Gasteiger charge is -2.32. The molecule has 0 aliphatic heterocycles. The van der Waals surface area contributed by atoms with Crippen LogP contribution in [0.4, 0.5) is 0 Å². The fourth-order valence-corrected chi connectivity index (χ4v) is 3.80. The number of aliphatic hydroxyl groups is 2. The maximum Gasteiger partial charge on any atom is 0.255 e. The molecule has 128 valence electrons. The smallest absolute Gasteiger partial charge is 0.255 e. The molecule has 3 rings (SSSR count). The summed E-state index contributed by atoms with van der Waals surface area (Å²) in [6, 6.07) is 13.5. The molecule has 0 unspecified atom stereocenters. The number of rotatable bonds is 5. The summed E-state index contributed by atoms with van der Waals surface area (Å²) in [7, 11) is 1.71. The van der Waals surface area contributed by atoms with E-state index in [1.807, 2.05) is 36.4 Å². The van der Waals surface area contributed by atoms with Crippen molar-refractivity contribution in [2.24, 2.45) is 5.41 Å². The van der Waals surface area contributed by atoms with Crippen molar-refractivity contribution in [1.29, 1.82) is 0 Å². The molecule has 0 saturated heterocycles. The molecular weight excluding hydrogens is 302 g/mol. The number of hydrogen-bond acceptors (Lipinski definition) is 3. The minimum atomic E-state index is -1.17. The first-order chi connectivity index (χ1) is 11.5. The highest BCUT2D eigenvalue weighted by Gasteiger charge is 2.36. The minimum absolute atomic E-state index is 0.0939. The molecule has 0 aromatic heterocycles. The SMILES string of the molecule is CN(CC1(CO)CCCC1)C(=O)[C@H](O)c1ccc2ccccc2c1. The average molecular weight is 327 g/mol. The molecule has 0 spiro atoms. The first-order valence-corrected chi connectivity index (χ1v) is 8.57. The highest BCUT2D eigenvalue weighted by molar-refractivity contribution is 5.86. The molecule has 1 aliphatic rings. The third-order valence-electron chi connectivity index (χ3n) is 5.27. The van der Waals surface area contributed by atoms with Gasteiger partial charge in [-0.15, -0.1) is 0 Å². The van der Waals surface area contributed by atoms with Crippen LogP contribution in [0.15, 0.2) is 42.5 Å². The van der Waals surface area contributed by atoms with Crippen molar-refractivity contribution in [1.82, 2.24) is 4.90 Å². The second-order valence-electron chi connectivity index (χ2n) is 7.07. The van der Waals surface area contributed by atoms with Crippen LogP contribution in [0.2, 0.25) is 0 Å². The van der Waals surface area contributed by atoms with E-state index in [4.69, 9.17) is 0 Å². The van der Waals surface area contributed by atoms with Crippen molar-refractivity contribution >= 4 is 16.7 Å². The van der Waals surface area contributed by atoms with E-state index in [0.29, 0.717) is 12.1 Å². The molecule has 0 bridgehead atoms. The standard InChI is InChI=1S/C20H25NO3/c1-21(13-20(14-22)10-4-5-11-20)19(24)18(23)17-9-8-15-6-2-3-7-16(15)12-17/h2-3,6-9,12,18,22-23H,4-5,10-11,13-14H2,1H3/t18-/m1/s1. The van der Waals surface area contributed by atoms with E-state index in [0.717, 1.165) is 36.5 Å². The Balaban J connectivity index is 1.75. The fourth-order valence-electron chi connectivity index (χ4n) is 3.80. The van der Waals surface area contributed by atoms with Crippen molar-refractivity contribution in [3.05, 3.63) is 48.0 Å². The van der Waals surface area contributed by atoms with Crippen LogP contribution in [0, 0.1) is 5.41 Å². The number of benzene rings is 2. The maximum absolute atomic E-state index is 12.6. The Bertz CT molecular complexity index is 722. The van der Waals surface area contributed by atoms with Gasteiger partial charge in [0, 0.05) is 19.0 Å². The normalized spacial score (nSPS) is 17.8. The summed E-state index contributed by atoms with van der Waals surface area (Å²) in [6.07, 6.45) is 2.89. The van der Waals surface area contributed by atoms with E-state index in [9.17, 15) is 15.0 Å². The quantitative estimate of drug-likeness (QED) is 0.888. The second-order valence-corrected chi connectivity index (χ2v) is 7.07. The topological polar surface area (TPSA) is 60.8 Å². The first kappa shape index (κ1) is 16.9. The number of carbonyl (C=O) groups is 1. The Labute approximate surface area is 142 Å². The van der Waals surface area contributed by atoms with Gasteiger partial charge in [-0.3, -0.25) is 4.79 Å². The van der Waals surface area contributed by atoms with Gasteiger partial charge >= 0.3 is 0 Å². The molecule has 4 nitrogen and oxygen atoms in total. The molecule has 2 aromatic carbocycles. The molecule has 4 heteroatoms. The lowest BCUT2D eigenvalue weighted by Crippen LogP contribution is -2.41. The summed E-state index contributed by atoms with van der Waals surface area (Å²) in [4.78, 5) is 14.2. The Kier molecular flexibility index (Phi) is 4.88. The van der Waals surface area contributed by atoms with Crippen LogP contribution < -0.4 is 0 Å². The van der Waals surface area contributed by atoms with Crippen LogP contribution in [0.1, 0.15) is 37.4 Å². The van der Waals surface area contributed by atoms with Crippen molar-refractivity contribution in [2.75, 3.05) is 20.2 Å². The van der Waals surface area contributed by atoms with E-state index in [1.165, 1.54) is 0 Å². The van der Waals surface area contributed by atoms with E-state index < -0.39 is 6.10 Å². The Morgan fingerprint density at radius 1 is 1.17 bits per heavy atom. The van der Waals surface area contributed by atoms with Crippen LogP contribution in [0.3, 0.4) is 0 Å². The Morgan fingerprint density at radius 3 is 2.50 bits per heavy atom. The highest BCUT2D eigenvalue weighted by atomic mass is 16.3. The van der Waals surface area contributed by atoms with E-state index >= 15 is 0 Å². The summed E-state index contributed by atoms with van der Waals surface area (Å²) < 4.78 is 0. The molecule has 2 N–H and O–H groups in total. The first-order valence-electron chi connectivity index (χ1n) is 8.57. The van der Waals surface area contributed by atoms with Gasteiger partial charge in [-0.05, 0) is 35.2 Å². The number of nitrogens with zero attached hydrogens (tertiary/aromatic N) is 1. The Morgan fingerprint density at radius 2 is 1.83 bits per heavy atom. The molecular formula is C20H25NO3.